The standard InChI is InChI=1S/C10H16O4/c1-3-12-9-5-6-10(8-11,13-4-2)14-7-9/h7-8H,3-6H2,1-2H3. The first-order valence-corrected chi connectivity index (χ1v) is 4.86. The minimum atomic E-state index is -1.09. The Labute approximate surface area is 83.8 Å². The predicted molar refractivity (Wildman–Crippen MR) is 50.4 cm³/mol. The largest absolute Gasteiger partial charge is 0.495 e. The quantitative estimate of drug-likeness (QED) is 0.632. The second-order valence-electron chi connectivity index (χ2n) is 3.00. The minimum Gasteiger partial charge on any atom is -0.495 e. The van der Waals surface area contributed by atoms with Gasteiger partial charge in [-0.2, -0.15) is 0 Å². The van der Waals surface area contributed by atoms with Crippen LogP contribution in [0.2, 0.25) is 0 Å². The summed E-state index contributed by atoms with van der Waals surface area (Å²) < 4.78 is 15.8. The van der Waals surface area contributed by atoms with Crippen LogP contribution in [-0.2, 0) is 19.0 Å². The highest BCUT2D eigenvalue weighted by Gasteiger charge is 2.35. The van der Waals surface area contributed by atoms with Gasteiger partial charge in [-0.1, -0.05) is 0 Å². The summed E-state index contributed by atoms with van der Waals surface area (Å²) >= 11 is 0. The zero-order chi connectivity index (χ0) is 10.4. The maximum Gasteiger partial charge on any atom is 0.267 e. The first-order chi connectivity index (χ1) is 6.76. The Hall–Kier alpha value is -1.03. The molecule has 0 fully saturated rings. The van der Waals surface area contributed by atoms with Gasteiger partial charge in [0.15, 0.2) is 6.29 Å². The summed E-state index contributed by atoms with van der Waals surface area (Å²) in [6, 6.07) is 0. The van der Waals surface area contributed by atoms with Crippen LogP contribution in [0.15, 0.2) is 12.0 Å². The Morgan fingerprint density at radius 2 is 2.36 bits per heavy atom. The van der Waals surface area contributed by atoms with Crippen molar-refractivity contribution in [2.75, 3.05) is 13.2 Å². The summed E-state index contributed by atoms with van der Waals surface area (Å²) in [5, 5.41) is 0. The van der Waals surface area contributed by atoms with E-state index in [4.69, 9.17) is 14.2 Å². The molecule has 4 nitrogen and oxygen atoms in total. The number of aldehydes is 1. The first-order valence-electron chi connectivity index (χ1n) is 4.86. The monoisotopic (exact) mass is 200 g/mol. The molecular weight excluding hydrogens is 184 g/mol. The van der Waals surface area contributed by atoms with Crippen LogP contribution in [0.4, 0.5) is 0 Å². The van der Waals surface area contributed by atoms with Crippen LogP contribution < -0.4 is 0 Å². The Morgan fingerprint density at radius 3 is 2.79 bits per heavy atom. The lowest BCUT2D eigenvalue weighted by atomic mass is 10.1. The van der Waals surface area contributed by atoms with Crippen LogP contribution >= 0.6 is 0 Å². The fourth-order valence-electron chi connectivity index (χ4n) is 1.34. The molecule has 0 bridgehead atoms. The molecule has 0 aromatic carbocycles. The molecule has 1 atom stereocenters. The van der Waals surface area contributed by atoms with E-state index in [0.717, 1.165) is 5.76 Å². The lowest BCUT2D eigenvalue weighted by Crippen LogP contribution is -2.38. The van der Waals surface area contributed by atoms with E-state index in [0.29, 0.717) is 32.3 Å². The lowest BCUT2D eigenvalue weighted by molar-refractivity contribution is -0.204. The van der Waals surface area contributed by atoms with Gasteiger partial charge in [0.2, 0.25) is 0 Å². The van der Waals surface area contributed by atoms with Crippen molar-refractivity contribution in [2.24, 2.45) is 0 Å². The fraction of sp³-hybridized carbons (Fsp3) is 0.700. The Bertz CT molecular complexity index is 224. The van der Waals surface area contributed by atoms with Crippen molar-refractivity contribution >= 4 is 6.29 Å². The maximum absolute atomic E-state index is 10.8. The smallest absolute Gasteiger partial charge is 0.267 e. The van der Waals surface area contributed by atoms with E-state index in [1.165, 1.54) is 6.26 Å². The Balaban J connectivity index is 2.57. The number of ether oxygens (including phenoxy) is 3. The second kappa shape index (κ2) is 5.00. The fourth-order valence-corrected chi connectivity index (χ4v) is 1.34. The number of allylic oxidation sites excluding steroid dienone is 1. The molecular formula is C10H16O4. The summed E-state index contributed by atoms with van der Waals surface area (Å²) in [7, 11) is 0. The Kier molecular flexibility index (Phi) is 3.95. The van der Waals surface area contributed by atoms with Crippen molar-refractivity contribution in [1.29, 1.82) is 0 Å². The highest BCUT2D eigenvalue weighted by Crippen LogP contribution is 2.27. The zero-order valence-electron chi connectivity index (χ0n) is 8.62. The highest BCUT2D eigenvalue weighted by atomic mass is 16.7. The van der Waals surface area contributed by atoms with Gasteiger partial charge in [0.1, 0.15) is 12.0 Å². The average molecular weight is 200 g/mol. The molecule has 0 saturated heterocycles. The van der Waals surface area contributed by atoms with Gasteiger partial charge >= 0.3 is 0 Å². The molecule has 0 amide bonds. The van der Waals surface area contributed by atoms with Crippen LogP contribution in [0.25, 0.3) is 0 Å². The minimum absolute atomic E-state index is 0.455. The highest BCUT2D eigenvalue weighted by molar-refractivity contribution is 5.60. The molecule has 1 heterocycles. The van der Waals surface area contributed by atoms with Gasteiger partial charge in [0.05, 0.1) is 6.61 Å². The van der Waals surface area contributed by atoms with Crippen LogP contribution in [0.5, 0.6) is 0 Å². The third-order valence-electron chi connectivity index (χ3n) is 2.01. The molecule has 0 aromatic rings. The molecule has 0 radical (unpaired) electrons. The number of carbonyl (C=O) groups excluding carboxylic acids is 1. The first kappa shape index (κ1) is 11.0. The lowest BCUT2D eigenvalue weighted by Gasteiger charge is -2.30. The van der Waals surface area contributed by atoms with Crippen molar-refractivity contribution in [3.8, 4) is 0 Å². The predicted octanol–water partition coefficient (Wildman–Crippen LogP) is 1.61. The van der Waals surface area contributed by atoms with Gasteiger partial charge in [0, 0.05) is 19.4 Å². The van der Waals surface area contributed by atoms with E-state index < -0.39 is 5.79 Å². The van der Waals surface area contributed by atoms with E-state index >= 15 is 0 Å². The van der Waals surface area contributed by atoms with Gasteiger partial charge in [-0.15, -0.1) is 0 Å². The van der Waals surface area contributed by atoms with E-state index in [-0.39, 0.29) is 0 Å². The average Bonchev–Trinajstić information content (AvgIpc) is 2.22. The van der Waals surface area contributed by atoms with E-state index in [1.807, 2.05) is 13.8 Å². The summed E-state index contributed by atoms with van der Waals surface area (Å²) in [5.41, 5.74) is 0. The molecule has 1 aliphatic heterocycles. The zero-order valence-corrected chi connectivity index (χ0v) is 8.62. The van der Waals surface area contributed by atoms with Gasteiger partial charge in [0.25, 0.3) is 5.79 Å². The third kappa shape index (κ3) is 2.48. The normalized spacial score (nSPS) is 26.3. The van der Waals surface area contributed by atoms with Gasteiger partial charge in [-0.05, 0) is 13.8 Å². The number of carbonyl (C=O) groups is 1. The van der Waals surface area contributed by atoms with Crippen molar-refractivity contribution < 1.29 is 19.0 Å². The van der Waals surface area contributed by atoms with E-state index in [9.17, 15) is 4.79 Å². The van der Waals surface area contributed by atoms with Crippen molar-refractivity contribution in [3.63, 3.8) is 0 Å². The van der Waals surface area contributed by atoms with Crippen molar-refractivity contribution in [3.05, 3.63) is 12.0 Å². The molecule has 0 spiro atoms. The molecule has 0 N–H and O–H groups in total. The summed E-state index contributed by atoms with van der Waals surface area (Å²) in [5.74, 6) is -0.320. The summed E-state index contributed by atoms with van der Waals surface area (Å²) in [6.45, 7) is 4.80. The number of rotatable bonds is 5. The van der Waals surface area contributed by atoms with E-state index in [1.54, 1.807) is 0 Å². The molecule has 0 saturated carbocycles. The molecule has 0 aliphatic carbocycles. The SMILES string of the molecule is CCOC1=COC(C=O)(OCC)CC1. The van der Waals surface area contributed by atoms with Crippen LogP contribution in [0, 0.1) is 0 Å². The number of hydrogen-bond acceptors (Lipinski definition) is 4. The molecule has 1 aliphatic rings. The molecule has 1 rings (SSSR count). The molecule has 4 heteroatoms. The van der Waals surface area contributed by atoms with Crippen molar-refractivity contribution in [2.45, 2.75) is 32.5 Å². The topological polar surface area (TPSA) is 44.8 Å². The summed E-state index contributed by atoms with van der Waals surface area (Å²) in [6.07, 6.45) is 3.36. The molecule has 80 valence electrons. The molecule has 14 heavy (non-hydrogen) atoms. The van der Waals surface area contributed by atoms with Gasteiger partial charge in [-0.3, -0.25) is 4.79 Å². The second-order valence-corrected chi connectivity index (χ2v) is 3.00. The molecule has 0 aromatic heterocycles. The Morgan fingerprint density at radius 1 is 1.57 bits per heavy atom. The van der Waals surface area contributed by atoms with Crippen LogP contribution in [-0.4, -0.2) is 25.3 Å². The van der Waals surface area contributed by atoms with Gasteiger partial charge < -0.3 is 14.2 Å². The maximum atomic E-state index is 10.8. The van der Waals surface area contributed by atoms with Gasteiger partial charge in [-0.25, -0.2) is 0 Å². The van der Waals surface area contributed by atoms with Crippen molar-refractivity contribution in [1.82, 2.24) is 0 Å². The molecule has 1 unspecified atom stereocenters. The van der Waals surface area contributed by atoms with Crippen LogP contribution in [0.1, 0.15) is 26.7 Å². The number of hydrogen-bond donors (Lipinski definition) is 0. The van der Waals surface area contributed by atoms with Crippen LogP contribution in [0.3, 0.4) is 0 Å². The summed E-state index contributed by atoms with van der Waals surface area (Å²) in [4.78, 5) is 10.8. The third-order valence-corrected chi connectivity index (χ3v) is 2.01. The van der Waals surface area contributed by atoms with E-state index in [2.05, 4.69) is 0 Å².